The fourth-order valence-electron chi connectivity index (χ4n) is 2.44. The van der Waals surface area contributed by atoms with Crippen molar-refractivity contribution >= 4 is 10.0 Å². The van der Waals surface area contributed by atoms with Gasteiger partial charge in [0.05, 0.1) is 10.5 Å². The quantitative estimate of drug-likeness (QED) is 0.542. The zero-order valence-corrected chi connectivity index (χ0v) is 17.1. The van der Waals surface area contributed by atoms with Gasteiger partial charge in [-0.2, -0.15) is 13.2 Å². The second-order valence-corrected chi connectivity index (χ2v) is 8.52. The first-order valence-electron chi connectivity index (χ1n) is 8.97. The van der Waals surface area contributed by atoms with Gasteiger partial charge in [-0.3, -0.25) is 0 Å². The smallest absolute Gasteiger partial charge is 0.309 e. The first-order valence-corrected chi connectivity index (χ1v) is 10.5. The Morgan fingerprint density at radius 1 is 1.00 bits per heavy atom. The summed E-state index contributed by atoms with van der Waals surface area (Å²) in [6.07, 6.45) is -2.72. The zero-order valence-electron chi connectivity index (χ0n) is 16.3. The number of hydrogen-bond donors (Lipinski definition) is 1. The average Bonchev–Trinajstić information content (AvgIpc) is 2.66. The highest BCUT2D eigenvalue weighted by molar-refractivity contribution is 7.89. The van der Waals surface area contributed by atoms with Crippen LogP contribution in [0.5, 0.6) is 0 Å². The van der Waals surface area contributed by atoms with Crippen molar-refractivity contribution in [1.29, 1.82) is 0 Å². The predicted octanol–water partition coefficient (Wildman–Crippen LogP) is 3.88. The molecule has 0 radical (unpaired) electrons. The molecule has 29 heavy (non-hydrogen) atoms. The van der Waals surface area contributed by atoms with Gasteiger partial charge in [0.25, 0.3) is 0 Å². The molecule has 0 unspecified atom stereocenters. The molecule has 0 aliphatic rings. The minimum absolute atomic E-state index is 0.0277. The third-order valence-corrected chi connectivity index (χ3v) is 5.47. The molecule has 8 heteroatoms. The number of hydrogen-bond acceptors (Lipinski definition) is 3. The number of benzene rings is 2. The largest absolute Gasteiger partial charge is 0.416 e. The Hall–Kier alpha value is -2.34. The van der Waals surface area contributed by atoms with Crippen LogP contribution in [-0.4, -0.2) is 34.0 Å². The molecule has 156 valence electrons. The summed E-state index contributed by atoms with van der Waals surface area (Å²) in [7, 11) is 0.116. The highest BCUT2D eigenvalue weighted by atomic mass is 32.2. The molecule has 0 fully saturated rings. The Kier molecular flexibility index (Phi) is 7.85. The summed E-state index contributed by atoms with van der Waals surface area (Å²) in [5.74, 6) is 6.16. The second-order valence-electron chi connectivity index (χ2n) is 6.75. The number of nitrogens with zero attached hydrogens (tertiary/aromatic N) is 1. The fraction of sp³-hybridized carbons (Fsp3) is 0.333. The number of rotatable bonds is 7. The highest BCUT2D eigenvalue weighted by Gasteiger charge is 2.30. The number of sulfonamides is 1. The van der Waals surface area contributed by atoms with Crippen LogP contribution in [0.1, 0.15) is 29.5 Å². The lowest BCUT2D eigenvalue weighted by Crippen LogP contribution is -2.23. The molecule has 0 amide bonds. The van der Waals surface area contributed by atoms with Gasteiger partial charge in [-0.15, -0.1) is 0 Å². The van der Waals surface area contributed by atoms with E-state index in [9.17, 15) is 21.6 Å². The molecule has 0 saturated carbocycles. The molecule has 0 spiro atoms. The van der Waals surface area contributed by atoms with Crippen molar-refractivity contribution in [3.8, 4) is 11.8 Å². The van der Waals surface area contributed by atoms with E-state index in [0.717, 1.165) is 54.8 Å². The van der Waals surface area contributed by atoms with E-state index in [-0.39, 0.29) is 11.4 Å². The lowest BCUT2D eigenvalue weighted by atomic mass is 10.1. The molecule has 0 aliphatic heterocycles. The molecule has 1 N–H and O–H groups in total. The van der Waals surface area contributed by atoms with E-state index < -0.39 is 21.8 Å². The second kappa shape index (κ2) is 9.92. The maximum Gasteiger partial charge on any atom is 0.416 e. The van der Waals surface area contributed by atoms with Gasteiger partial charge in [0.1, 0.15) is 0 Å². The van der Waals surface area contributed by atoms with Crippen LogP contribution in [0.25, 0.3) is 0 Å². The van der Waals surface area contributed by atoms with Crippen LogP contribution in [-0.2, 0) is 22.7 Å². The topological polar surface area (TPSA) is 49.4 Å². The molecule has 2 rings (SSSR count). The fourth-order valence-corrected chi connectivity index (χ4v) is 3.46. The van der Waals surface area contributed by atoms with E-state index >= 15 is 0 Å². The summed E-state index contributed by atoms with van der Waals surface area (Å²) < 4.78 is 64.7. The number of halogens is 3. The Morgan fingerprint density at radius 3 is 2.17 bits per heavy atom. The van der Waals surface area contributed by atoms with Crippen molar-refractivity contribution < 1.29 is 21.6 Å². The lowest BCUT2D eigenvalue weighted by molar-refractivity contribution is -0.137. The van der Waals surface area contributed by atoms with Crippen LogP contribution in [0.4, 0.5) is 13.2 Å². The SMILES string of the molecule is CN(C)CCCC#Cc1ccc(CNS(=O)(=O)c2ccc(C(F)(F)F)cc2)cc1. The van der Waals surface area contributed by atoms with E-state index in [1.165, 1.54) is 0 Å². The van der Waals surface area contributed by atoms with Crippen molar-refractivity contribution in [2.24, 2.45) is 0 Å². The maximum absolute atomic E-state index is 12.6. The van der Waals surface area contributed by atoms with Gasteiger partial charge in [-0.1, -0.05) is 24.0 Å². The van der Waals surface area contributed by atoms with Crippen LogP contribution in [0.15, 0.2) is 53.4 Å². The van der Waals surface area contributed by atoms with Crippen molar-refractivity contribution in [2.45, 2.75) is 30.5 Å². The van der Waals surface area contributed by atoms with E-state index in [1.807, 2.05) is 14.1 Å². The zero-order chi connectivity index (χ0) is 21.5. The molecule has 2 aromatic carbocycles. The van der Waals surface area contributed by atoms with Crippen LogP contribution in [0.3, 0.4) is 0 Å². The van der Waals surface area contributed by atoms with Crippen LogP contribution in [0, 0.1) is 11.8 Å². The first kappa shape index (κ1) is 22.9. The van der Waals surface area contributed by atoms with Crippen LogP contribution < -0.4 is 4.72 Å². The van der Waals surface area contributed by atoms with Gasteiger partial charge >= 0.3 is 6.18 Å². The van der Waals surface area contributed by atoms with Gasteiger partial charge in [0.2, 0.25) is 10.0 Å². The summed E-state index contributed by atoms with van der Waals surface area (Å²) >= 11 is 0. The summed E-state index contributed by atoms with van der Waals surface area (Å²) in [5, 5.41) is 0. The minimum atomic E-state index is -4.51. The van der Waals surface area contributed by atoms with Crippen molar-refractivity contribution in [2.75, 3.05) is 20.6 Å². The third-order valence-electron chi connectivity index (χ3n) is 4.05. The van der Waals surface area contributed by atoms with E-state index in [4.69, 9.17) is 0 Å². The molecule has 0 bridgehead atoms. The Bertz CT molecular complexity index is 956. The average molecular weight is 424 g/mol. The maximum atomic E-state index is 12.6. The highest BCUT2D eigenvalue weighted by Crippen LogP contribution is 2.29. The lowest BCUT2D eigenvalue weighted by Gasteiger charge is -2.09. The van der Waals surface area contributed by atoms with Crippen molar-refractivity contribution in [1.82, 2.24) is 9.62 Å². The molecular weight excluding hydrogens is 401 g/mol. The van der Waals surface area contributed by atoms with Gasteiger partial charge in [0, 0.05) is 18.5 Å². The van der Waals surface area contributed by atoms with Gasteiger partial charge in [0.15, 0.2) is 0 Å². The summed E-state index contributed by atoms with van der Waals surface area (Å²) in [4.78, 5) is 1.88. The number of unbranched alkanes of at least 4 members (excludes halogenated alkanes) is 1. The molecular formula is C21H23F3N2O2S. The predicted molar refractivity (Wildman–Crippen MR) is 107 cm³/mol. The Morgan fingerprint density at radius 2 is 1.62 bits per heavy atom. The summed E-state index contributed by atoms with van der Waals surface area (Å²) in [5.41, 5.74) is 0.665. The third kappa shape index (κ3) is 7.54. The number of nitrogens with one attached hydrogen (secondary N) is 1. The molecule has 0 saturated heterocycles. The minimum Gasteiger partial charge on any atom is -0.309 e. The molecule has 4 nitrogen and oxygen atoms in total. The summed E-state index contributed by atoms with van der Waals surface area (Å²) in [6.45, 7) is 1.01. The molecule has 0 aromatic heterocycles. The molecule has 0 aliphatic carbocycles. The molecule has 2 aromatic rings. The van der Waals surface area contributed by atoms with Gasteiger partial charge < -0.3 is 4.90 Å². The molecule has 0 atom stereocenters. The monoisotopic (exact) mass is 424 g/mol. The normalized spacial score (nSPS) is 11.9. The van der Waals surface area contributed by atoms with Crippen LogP contribution >= 0.6 is 0 Å². The van der Waals surface area contributed by atoms with Crippen molar-refractivity contribution in [3.05, 3.63) is 65.2 Å². The summed E-state index contributed by atoms with van der Waals surface area (Å²) in [6, 6.07) is 10.5. The van der Waals surface area contributed by atoms with Gasteiger partial charge in [-0.25, -0.2) is 13.1 Å². The molecule has 0 heterocycles. The Balaban J connectivity index is 1.93. The number of alkyl halides is 3. The van der Waals surface area contributed by atoms with Crippen molar-refractivity contribution in [3.63, 3.8) is 0 Å². The van der Waals surface area contributed by atoms with E-state index in [1.54, 1.807) is 24.3 Å². The van der Waals surface area contributed by atoms with E-state index in [0.29, 0.717) is 0 Å². The van der Waals surface area contributed by atoms with Crippen LogP contribution in [0.2, 0.25) is 0 Å². The first-order chi connectivity index (χ1) is 13.6. The van der Waals surface area contributed by atoms with Gasteiger partial charge in [-0.05, 0) is 69.0 Å². The van der Waals surface area contributed by atoms with E-state index in [2.05, 4.69) is 21.5 Å². The standard InChI is InChI=1S/C21H23F3N2O2S/c1-26(2)15-5-3-4-6-17-7-9-18(10-8-17)16-25-29(27,28)20-13-11-19(12-14-20)21(22,23)24/h7-14,25H,3,5,15-16H2,1-2H3. The Labute approximate surface area is 169 Å².